The van der Waals surface area contributed by atoms with Gasteiger partial charge in [0.05, 0.1) is 6.04 Å². The van der Waals surface area contributed by atoms with Gasteiger partial charge in [-0.1, -0.05) is 60.2 Å². The summed E-state index contributed by atoms with van der Waals surface area (Å²) in [5.74, 6) is 0.380. The second kappa shape index (κ2) is 6.55. The van der Waals surface area contributed by atoms with Crippen molar-refractivity contribution >= 4 is 5.91 Å². The Morgan fingerprint density at radius 3 is 2.35 bits per heavy atom. The van der Waals surface area contributed by atoms with Crippen LogP contribution >= 0.6 is 0 Å². The van der Waals surface area contributed by atoms with Crippen LogP contribution in [0.2, 0.25) is 0 Å². The molecule has 0 aliphatic carbocycles. The summed E-state index contributed by atoms with van der Waals surface area (Å²) in [5, 5.41) is 0. The predicted octanol–water partition coefficient (Wildman–Crippen LogP) is 3.60. The lowest BCUT2D eigenvalue weighted by atomic mass is 9.92. The molecule has 3 unspecified atom stereocenters. The molecule has 0 radical (unpaired) electrons. The van der Waals surface area contributed by atoms with Gasteiger partial charge in [0.15, 0.2) is 0 Å². The maximum Gasteiger partial charge on any atom is 0.223 e. The summed E-state index contributed by atoms with van der Waals surface area (Å²) in [6.07, 6.45) is 0.534. The molecule has 120 valence electrons. The molecule has 1 aliphatic rings. The van der Waals surface area contributed by atoms with Gasteiger partial charge < -0.3 is 10.6 Å². The van der Waals surface area contributed by atoms with Gasteiger partial charge in [0.2, 0.25) is 5.91 Å². The molecule has 1 heterocycles. The third kappa shape index (κ3) is 3.30. The summed E-state index contributed by atoms with van der Waals surface area (Å²) in [5.41, 5.74) is 9.94. The Morgan fingerprint density at radius 2 is 1.70 bits per heavy atom. The van der Waals surface area contributed by atoms with Crippen LogP contribution in [0, 0.1) is 12.8 Å². The molecule has 0 aromatic heterocycles. The molecule has 23 heavy (non-hydrogen) atoms. The van der Waals surface area contributed by atoms with Crippen molar-refractivity contribution in [3.05, 3.63) is 71.3 Å². The zero-order valence-corrected chi connectivity index (χ0v) is 13.8. The molecular formula is C20H24N2O. The van der Waals surface area contributed by atoms with Crippen molar-refractivity contribution < 1.29 is 4.79 Å². The molecule has 3 atom stereocenters. The van der Waals surface area contributed by atoms with Gasteiger partial charge in [-0.15, -0.1) is 0 Å². The Morgan fingerprint density at radius 1 is 1.04 bits per heavy atom. The van der Waals surface area contributed by atoms with Crippen molar-refractivity contribution in [2.75, 3.05) is 6.54 Å². The summed E-state index contributed by atoms with van der Waals surface area (Å²) in [4.78, 5) is 14.4. The van der Waals surface area contributed by atoms with Crippen LogP contribution in [0.1, 0.15) is 42.1 Å². The molecule has 1 aliphatic heterocycles. The number of nitrogens with two attached hydrogens (primary N) is 1. The van der Waals surface area contributed by atoms with E-state index in [0.29, 0.717) is 6.42 Å². The molecule has 0 spiro atoms. The molecule has 0 bridgehead atoms. The molecule has 0 saturated carbocycles. The number of benzene rings is 2. The second-order valence-corrected chi connectivity index (χ2v) is 6.53. The largest absolute Gasteiger partial charge is 0.336 e. The Bertz CT molecular complexity index is 666. The Labute approximate surface area is 138 Å². The Balaban J connectivity index is 1.73. The lowest BCUT2D eigenvalue weighted by Crippen LogP contribution is -2.30. The van der Waals surface area contributed by atoms with E-state index in [0.717, 1.165) is 12.1 Å². The quantitative estimate of drug-likeness (QED) is 0.938. The number of hydrogen-bond acceptors (Lipinski definition) is 2. The standard InChI is InChI=1S/C20H24N2O/c1-14-8-10-17(11-9-14)20(21)18-12-19(23)22(13-18)15(2)16-6-4-3-5-7-16/h3-11,15,18,20H,12-13,21H2,1-2H3. The predicted molar refractivity (Wildman–Crippen MR) is 92.8 cm³/mol. The first-order valence-electron chi connectivity index (χ1n) is 8.23. The minimum absolute atomic E-state index is 0.0903. The van der Waals surface area contributed by atoms with E-state index < -0.39 is 0 Å². The first-order chi connectivity index (χ1) is 11.1. The molecule has 2 aromatic rings. The van der Waals surface area contributed by atoms with Crippen molar-refractivity contribution in [3.63, 3.8) is 0 Å². The van der Waals surface area contributed by atoms with Crippen LogP contribution in [-0.4, -0.2) is 17.4 Å². The van der Waals surface area contributed by atoms with E-state index in [1.54, 1.807) is 0 Å². The lowest BCUT2D eigenvalue weighted by Gasteiger charge is -2.26. The number of amides is 1. The minimum Gasteiger partial charge on any atom is -0.336 e. The van der Waals surface area contributed by atoms with Crippen molar-refractivity contribution in [2.45, 2.75) is 32.4 Å². The summed E-state index contributed by atoms with van der Waals surface area (Å²) >= 11 is 0. The van der Waals surface area contributed by atoms with Crippen molar-refractivity contribution in [1.82, 2.24) is 4.90 Å². The highest BCUT2D eigenvalue weighted by Gasteiger charge is 2.36. The number of likely N-dealkylation sites (tertiary alicyclic amines) is 1. The molecule has 3 rings (SSSR count). The van der Waals surface area contributed by atoms with E-state index in [1.807, 2.05) is 23.1 Å². The molecule has 1 fully saturated rings. The molecule has 3 nitrogen and oxygen atoms in total. The van der Waals surface area contributed by atoms with Crippen LogP contribution in [0.15, 0.2) is 54.6 Å². The summed E-state index contributed by atoms with van der Waals surface area (Å²) < 4.78 is 0. The maximum absolute atomic E-state index is 12.5. The van der Waals surface area contributed by atoms with E-state index in [1.165, 1.54) is 11.1 Å². The number of hydrogen-bond donors (Lipinski definition) is 1. The Hall–Kier alpha value is -2.13. The van der Waals surface area contributed by atoms with Crippen molar-refractivity contribution in [1.29, 1.82) is 0 Å². The number of nitrogens with zero attached hydrogens (tertiary/aromatic N) is 1. The lowest BCUT2D eigenvalue weighted by molar-refractivity contribution is -0.129. The van der Waals surface area contributed by atoms with Gasteiger partial charge in [-0.3, -0.25) is 4.79 Å². The monoisotopic (exact) mass is 308 g/mol. The summed E-state index contributed by atoms with van der Waals surface area (Å²) in [7, 11) is 0. The highest BCUT2D eigenvalue weighted by Crippen LogP contribution is 2.34. The fraction of sp³-hybridized carbons (Fsp3) is 0.350. The zero-order valence-electron chi connectivity index (χ0n) is 13.8. The normalized spacial score (nSPS) is 20.6. The SMILES string of the molecule is Cc1ccc(C(N)C2CC(=O)N(C(C)c3ccccc3)C2)cc1. The van der Waals surface area contributed by atoms with Gasteiger partial charge in [0.1, 0.15) is 0 Å². The third-order valence-electron chi connectivity index (χ3n) is 4.91. The van der Waals surface area contributed by atoms with Gasteiger partial charge in [0, 0.05) is 24.9 Å². The second-order valence-electron chi connectivity index (χ2n) is 6.53. The fourth-order valence-corrected chi connectivity index (χ4v) is 3.35. The average Bonchev–Trinajstić information content (AvgIpc) is 2.97. The Kier molecular flexibility index (Phi) is 4.49. The van der Waals surface area contributed by atoms with Gasteiger partial charge in [-0.05, 0) is 25.0 Å². The number of carbonyl (C=O) groups is 1. The van der Waals surface area contributed by atoms with Crippen LogP contribution < -0.4 is 5.73 Å². The smallest absolute Gasteiger partial charge is 0.223 e. The van der Waals surface area contributed by atoms with E-state index in [4.69, 9.17) is 5.73 Å². The molecule has 1 saturated heterocycles. The average molecular weight is 308 g/mol. The van der Waals surface area contributed by atoms with Crippen molar-refractivity contribution in [2.24, 2.45) is 11.7 Å². The zero-order chi connectivity index (χ0) is 16.4. The molecule has 3 heteroatoms. The minimum atomic E-state index is -0.0903. The summed E-state index contributed by atoms with van der Waals surface area (Å²) in [6.45, 7) is 4.88. The number of rotatable bonds is 4. The highest BCUT2D eigenvalue weighted by atomic mass is 16.2. The van der Waals surface area contributed by atoms with Crippen LogP contribution in [-0.2, 0) is 4.79 Å². The fourth-order valence-electron chi connectivity index (χ4n) is 3.35. The maximum atomic E-state index is 12.5. The topological polar surface area (TPSA) is 46.3 Å². The van der Waals surface area contributed by atoms with Gasteiger partial charge in [-0.2, -0.15) is 0 Å². The molecule has 2 N–H and O–H groups in total. The van der Waals surface area contributed by atoms with Gasteiger partial charge in [-0.25, -0.2) is 0 Å². The van der Waals surface area contributed by atoms with Gasteiger partial charge in [0.25, 0.3) is 0 Å². The number of aryl methyl sites for hydroxylation is 1. The first kappa shape index (κ1) is 15.8. The van der Waals surface area contributed by atoms with E-state index in [-0.39, 0.29) is 23.9 Å². The number of carbonyl (C=O) groups excluding carboxylic acids is 1. The van der Waals surface area contributed by atoms with Crippen LogP contribution in [0.3, 0.4) is 0 Å². The molecular weight excluding hydrogens is 284 g/mol. The first-order valence-corrected chi connectivity index (χ1v) is 8.23. The van der Waals surface area contributed by atoms with Gasteiger partial charge >= 0.3 is 0 Å². The van der Waals surface area contributed by atoms with Crippen molar-refractivity contribution in [3.8, 4) is 0 Å². The van der Waals surface area contributed by atoms with E-state index in [2.05, 4.69) is 50.2 Å². The van der Waals surface area contributed by atoms with E-state index >= 15 is 0 Å². The third-order valence-corrected chi connectivity index (χ3v) is 4.91. The molecule has 2 aromatic carbocycles. The summed E-state index contributed by atoms with van der Waals surface area (Å²) in [6, 6.07) is 18.5. The highest BCUT2D eigenvalue weighted by molar-refractivity contribution is 5.79. The van der Waals surface area contributed by atoms with Crippen LogP contribution in [0.4, 0.5) is 0 Å². The van der Waals surface area contributed by atoms with Crippen LogP contribution in [0.5, 0.6) is 0 Å². The molecule has 1 amide bonds. The van der Waals surface area contributed by atoms with Crippen LogP contribution in [0.25, 0.3) is 0 Å². The van der Waals surface area contributed by atoms with E-state index in [9.17, 15) is 4.79 Å².